The van der Waals surface area contributed by atoms with Crippen molar-refractivity contribution in [1.29, 1.82) is 0 Å². The topological polar surface area (TPSA) is 54.9 Å². The molecule has 1 aromatic rings. The molecule has 5 nitrogen and oxygen atoms in total. The van der Waals surface area contributed by atoms with Crippen LogP contribution < -0.4 is 10.6 Å². The van der Waals surface area contributed by atoms with Crippen molar-refractivity contribution in [1.82, 2.24) is 10.6 Å². The summed E-state index contributed by atoms with van der Waals surface area (Å²) in [4.78, 5) is 4.29. The number of aryl methyl sites for hydroxylation is 1. The van der Waals surface area contributed by atoms with Crippen molar-refractivity contribution in [3.63, 3.8) is 0 Å². The van der Waals surface area contributed by atoms with E-state index < -0.39 is 0 Å². The molecule has 2 N–H and O–H groups in total. The van der Waals surface area contributed by atoms with E-state index in [1.165, 1.54) is 11.1 Å². The van der Waals surface area contributed by atoms with Crippen molar-refractivity contribution in [3.05, 3.63) is 35.4 Å². The summed E-state index contributed by atoms with van der Waals surface area (Å²) in [5.41, 5.74) is 2.71. The van der Waals surface area contributed by atoms with Gasteiger partial charge in [0, 0.05) is 46.6 Å². The van der Waals surface area contributed by atoms with Gasteiger partial charge in [-0.05, 0) is 42.7 Å². The van der Waals surface area contributed by atoms with E-state index in [1.807, 2.05) is 7.05 Å². The lowest BCUT2D eigenvalue weighted by molar-refractivity contribution is 0.0203. The lowest BCUT2D eigenvalue weighted by Gasteiger charge is -2.21. The minimum absolute atomic E-state index is 0. The molecule has 0 amide bonds. The maximum atomic E-state index is 5.79. The minimum Gasteiger partial charge on any atom is -0.381 e. The molecule has 2 rings (SSSR count). The van der Waals surface area contributed by atoms with Crippen LogP contribution in [0, 0.1) is 5.92 Å². The molecular weight excluding hydrogens is 441 g/mol. The van der Waals surface area contributed by atoms with E-state index in [4.69, 9.17) is 9.47 Å². The Morgan fingerprint density at radius 3 is 2.62 bits per heavy atom. The Morgan fingerprint density at radius 1 is 1.19 bits per heavy atom. The molecule has 1 saturated heterocycles. The number of aliphatic imine (C=N–C) groups is 1. The highest BCUT2D eigenvalue weighted by atomic mass is 127. The third-order valence-electron chi connectivity index (χ3n) is 4.62. The molecule has 1 heterocycles. The summed E-state index contributed by atoms with van der Waals surface area (Å²) in [5, 5.41) is 6.74. The Bertz CT molecular complexity index is 520. The van der Waals surface area contributed by atoms with E-state index in [1.54, 1.807) is 0 Å². The summed E-state index contributed by atoms with van der Waals surface area (Å²) in [6, 6.07) is 8.53. The molecule has 0 radical (unpaired) electrons. The van der Waals surface area contributed by atoms with E-state index in [9.17, 15) is 0 Å². The van der Waals surface area contributed by atoms with Gasteiger partial charge in [-0.2, -0.15) is 0 Å². The molecule has 6 heteroatoms. The summed E-state index contributed by atoms with van der Waals surface area (Å²) in [6.07, 6.45) is 4.30. The number of hydrogen-bond donors (Lipinski definition) is 2. The Morgan fingerprint density at radius 2 is 1.92 bits per heavy atom. The molecular formula is C20H34IN3O2. The van der Waals surface area contributed by atoms with Crippen molar-refractivity contribution < 1.29 is 9.47 Å². The highest BCUT2D eigenvalue weighted by Gasteiger charge is 2.13. The fraction of sp³-hybridized carbons (Fsp3) is 0.650. The van der Waals surface area contributed by atoms with Crippen LogP contribution in [-0.4, -0.2) is 46.0 Å². The Kier molecular flexibility index (Phi) is 12.7. The minimum atomic E-state index is 0. The molecule has 1 aliphatic rings. The third-order valence-corrected chi connectivity index (χ3v) is 4.62. The van der Waals surface area contributed by atoms with Crippen LogP contribution in [0.3, 0.4) is 0 Å². The van der Waals surface area contributed by atoms with Crippen LogP contribution in [0.5, 0.6) is 0 Å². The number of nitrogens with one attached hydrogen (secondary N) is 2. The van der Waals surface area contributed by atoms with Crippen molar-refractivity contribution in [2.75, 3.05) is 40.0 Å². The quantitative estimate of drug-likeness (QED) is 0.249. The zero-order valence-corrected chi connectivity index (χ0v) is 18.5. The maximum Gasteiger partial charge on any atom is 0.191 e. The highest BCUT2D eigenvalue weighted by molar-refractivity contribution is 14.0. The molecule has 0 saturated carbocycles. The predicted molar refractivity (Wildman–Crippen MR) is 118 cm³/mol. The van der Waals surface area contributed by atoms with Gasteiger partial charge in [0.1, 0.15) is 0 Å². The molecule has 148 valence electrons. The molecule has 1 aliphatic heterocycles. The summed E-state index contributed by atoms with van der Waals surface area (Å²) < 4.78 is 11.2. The largest absolute Gasteiger partial charge is 0.381 e. The smallest absolute Gasteiger partial charge is 0.191 e. The van der Waals surface area contributed by atoms with Crippen LogP contribution in [0.1, 0.15) is 37.3 Å². The van der Waals surface area contributed by atoms with E-state index in [0.29, 0.717) is 5.92 Å². The fourth-order valence-corrected chi connectivity index (χ4v) is 3.02. The van der Waals surface area contributed by atoms with Crippen molar-refractivity contribution in [2.24, 2.45) is 10.9 Å². The van der Waals surface area contributed by atoms with E-state index in [2.05, 4.69) is 46.8 Å². The van der Waals surface area contributed by atoms with Crippen molar-refractivity contribution in [2.45, 2.75) is 39.2 Å². The monoisotopic (exact) mass is 475 g/mol. The third kappa shape index (κ3) is 8.68. The average molecular weight is 475 g/mol. The van der Waals surface area contributed by atoms with Gasteiger partial charge < -0.3 is 20.1 Å². The van der Waals surface area contributed by atoms with Crippen molar-refractivity contribution in [3.8, 4) is 0 Å². The first-order valence-electron chi connectivity index (χ1n) is 9.50. The number of nitrogens with zero attached hydrogens (tertiary/aromatic N) is 1. The summed E-state index contributed by atoms with van der Waals surface area (Å²) in [5.74, 6) is 1.52. The van der Waals surface area contributed by atoms with Crippen LogP contribution >= 0.6 is 24.0 Å². The lowest BCUT2D eigenvalue weighted by atomic mass is 10.0. The zero-order chi connectivity index (χ0) is 17.7. The number of halogens is 1. The van der Waals surface area contributed by atoms with Crippen LogP contribution in [0.15, 0.2) is 29.3 Å². The summed E-state index contributed by atoms with van der Waals surface area (Å²) in [7, 11) is 1.81. The van der Waals surface area contributed by atoms with E-state index in [0.717, 1.165) is 71.2 Å². The highest BCUT2D eigenvalue weighted by Crippen LogP contribution is 2.14. The second-order valence-electron chi connectivity index (χ2n) is 6.46. The van der Waals surface area contributed by atoms with Gasteiger partial charge in [-0.25, -0.2) is 0 Å². The number of hydrogen-bond acceptors (Lipinski definition) is 3. The molecule has 0 aromatic heterocycles. The first-order valence-corrected chi connectivity index (χ1v) is 9.50. The molecule has 1 fully saturated rings. The van der Waals surface area contributed by atoms with Gasteiger partial charge in [0.05, 0.1) is 0 Å². The molecule has 0 aliphatic carbocycles. The normalized spacial score (nSPS) is 15.4. The Labute approximate surface area is 175 Å². The first kappa shape index (κ1) is 23.2. The molecule has 0 atom stereocenters. The van der Waals surface area contributed by atoms with Gasteiger partial charge in [-0.15, -0.1) is 24.0 Å². The van der Waals surface area contributed by atoms with E-state index in [-0.39, 0.29) is 24.0 Å². The van der Waals surface area contributed by atoms with Gasteiger partial charge in [-0.3, -0.25) is 4.99 Å². The molecule has 0 spiro atoms. The Hall–Kier alpha value is -0.860. The first-order chi connectivity index (χ1) is 12.3. The maximum absolute atomic E-state index is 5.79. The molecule has 0 bridgehead atoms. The van der Waals surface area contributed by atoms with Crippen LogP contribution in [0.25, 0.3) is 0 Å². The second-order valence-corrected chi connectivity index (χ2v) is 6.46. The number of ether oxygens (including phenoxy) is 2. The number of rotatable bonds is 9. The molecule has 0 unspecified atom stereocenters. The fourth-order valence-electron chi connectivity index (χ4n) is 3.02. The van der Waals surface area contributed by atoms with Crippen LogP contribution in [0.2, 0.25) is 0 Å². The van der Waals surface area contributed by atoms with Gasteiger partial charge in [-0.1, -0.05) is 31.2 Å². The van der Waals surface area contributed by atoms with Crippen LogP contribution in [0.4, 0.5) is 0 Å². The number of guanidine groups is 1. The van der Waals surface area contributed by atoms with Gasteiger partial charge in [0.2, 0.25) is 0 Å². The van der Waals surface area contributed by atoms with Gasteiger partial charge in [0.15, 0.2) is 5.96 Å². The Balaban J connectivity index is 0.00000338. The molecule has 26 heavy (non-hydrogen) atoms. The van der Waals surface area contributed by atoms with Gasteiger partial charge >= 0.3 is 0 Å². The predicted octanol–water partition coefficient (Wildman–Crippen LogP) is 3.37. The second kappa shape index (κ2) is 14.2. The zero-order valence-electron chi connectivity index (χ0n) is 16.1. The van der Waals surface area contributed by atoms with Crippen molar-refractivity contribution >= 4 is 29.9 Å². The van der Waals surface area contributed by atoms with E-state index >= 15 is 0 Å². The average Bonchev–Trinajstić information content (AvgIpc) is 2.68. The van der Waals surface area contributed by atoms with Crippen LogP contribution in [-0.2, 0) is 22.4 Å². The summed E-state index contributed by atoms with van der Waals surface area (Å²) >= 11 is 0. The molecule has 1 aromatic carbocycles. The number of benzene rings is 1. The summed E-state index contributed by atoms with van der Waals surface area (Å²) in [6.45, 7) is 7.28. The van der Waals surface area contributed by atoms with Gasteiger partial charge in [0.25, 0.3) is 0 Å². The SMILES string of the molecule is CCc1ccccc1CNC(=NC)NCCCOCC1CCOCC1.I. The standard InChI is InChI=1S/C20H33N3O2.HI/c1-3-18-7-4-5-8-19(18)15-23-20(21-2)22-11-6-12-25-16-17-9-13-24-14-10-17;/h4-5,7-8,17H,3,6,9-16H2,1-2H3,(H2,21,22,23);1H. The lowest BCUT2D eigenvalue weighted by Crippen LogP contribution is -2.37.